The van der Waals surface area contributed by atoms with Gasteiger partial charge in [-0.1, -0.05) is 23.2 Å². The van der Waals surface area contributed by atoms with E-state index < -0.39 is 17.4 Å². The van der Waals surface area contributed by atoms with Crippen LogP contribution in [0.3, 0.4) is 0 Å². The quantitative estimate of drug-likeness (QED) is 0.548. The molecule has 0 fully saturated rings. The van der Waals surface area contributed by atoms with E-state index in [9.17, 15) is 8.78 Å². The zero-order valence-corrected chi connectivity index (χ0v) is 14.1. The van der Waals surface area contributed by atoms with Crippen molar-refractivity contribution in [1.82, 2.24) is 0 Å². The van der Waals surface area contributed by atoms with Gasteiger partial charge in [-0.15, -0.1) is 0 Å². The predicted molar refractivity (Wildman–Crippen MR) is 91.3 cm³/mol. The molecule has 0 bridgehead atoms. The Hall–Kier alpha value is -2.30. The van der Waals surface area contributed by atoms with Crippen LogP contribution in [-0.4, -0.2) is 0 Å². The average molecular weight is 379 g/mol. The van der Waals surface area contributed by atoms with Crippen molar-refractivity contribution in [2.24, 2.45) is 0 Å². The number of benzene rings is 3. The number of hydrogen-bond acceptors (Lipinski definition) is 2. The second-order valence-corrected chi connectivity index (χ2v) is 6.39. The monoisotopic (exact) mass is 378 g/mol. The minimum absolute atomic E-state index is 0.232. The van der Waals surface area contributed by atoms with E-state index in [0.717, 1.165) is 0 Å². The Labute approximate surface area is 152 Å². The molecule has 4 rings (SSSR count). The molecule has 1 heterocycles. The van der Waals surface area contributed by atoms with E-state index in [1.54, 1.807) is 18.2 Å². The van der Waals surface area contributed by atoms with E-state index >= 15 is 0 Å². The molecule has 0 amide bonds. The van der Waals surface area contributed by atoms with Crippen molar-refractivity contribution >= 4 is 23.2 Å². The Morgan fingerprint density at radius 3 is 2.12 bits per heavy atom. The van der Waals surface area contributed by atoms with E-state index in [2.05, 4.69) is 0 Å². The summed E-state index contributed by atoms with van der Waals surface area (Å²) in [6.07, 6.45) is 0. The molecule has 1 unspecified atom stereocenters. The van der Waals surface area contributed by atoms with Crippen molar-refractivity contribution in [3.63, 3.8) is 0 Å². The van der Waals surface area contributed by atoms with Crippen LogP contribution in [-0.2, 0) is 5.79 Å². The molecule has 0 spiro atoms. The predicted octanol–water partition coefficient (Wildman–Crippen LogP) is 5.94. The Morgan fingerprint density at radius 1 is 0.720 bits per heavy atom. The van der Waals surface area contributed by atoms with Crippen LogP contribution in [0.5, 0.6) is 11.5 Å². The van der Waals surface area contributed by atoms with Crippen molar-refractivity contribution in [2.45, 2.75) is 5.79 Å². The van der Waals surface area contributed by atoms with E-state index in [1.807, 2.05) is 0 Å². The molecule has 0 radical (unpaired) electrons. The van der Waals surface area contributed by atoms with Gasteiger partial charge in [0.1, 0.15) is 11.6 Å². The van der Waals surface area contributed by atoms with Crippen molar-refractivity contribution in [3.05, 3.63) is 93.5 Å². The minimum atomic E-state index is -1.47. The van der Waals surface area contributed by atoms with E-state index in [1.165, 1.54) is 42.5 Å². The fourth-order valence-electron chi connectivity index (χ4n) is 2.79. The summed E-state index contributed by atoms with van der Waals surface area (Å²) in [5, 5.41) is 0.759. The number of halogens is 4. The van der Waals surface area contributed by atoms with Crippen molar-refractivity contribution in [2.75, 3.05) is 0 Å². The fraction of sp³-hybridized carbons (Fsp3) is 0.0526. The van der Waals surface area contributed by atoms with Crippen molar-refractivity contribution in [3.8, 4) is 11.5 Å². The molecule has 126 valence electrons. The highest BCUT2D eigenvalue weighted by Crippen LogP contribution is 2.49. The van der Waals surface area contributed by atoms with Gasteiger partial charge in [0.15, 0.2) is 11.5 Å². The molecule has 3 aromatic rings. The maximum absolute atomic E-state index is 13.6. The molecular formula is C19H10Cl2F2O2. The topological polar surface area (TPSA) is 18.5 Å². The average Bonchev–Trinajstić information content (AvgIpc) is 2.94. The molecule has 6 heteroatoms. The zero-order chi connectivity index (χ0) is 17.6. The number of fused-ring (bicyclic) bond motifs is 1. The van der Waals surface area contributed by atoms with Crippen LogP contribution in [0.25, 0.3) is 0 Å². The van der Waals surface area contributed by atoms with Gasteiger partial charge >= 0.3 is 5.79 Å². The highest BCUT2D eigenvalue weighted by atomic mass is 35.5. The normalized spacial score (nSPS) is 18.4. The molecule has 1 atom stereocenters. The van der Waals surface area contributed by atoms with Gasteiger partial charge in [-0.2, -0.15) is 0 Å². The van der Waals surface area contributed by atoms with E-state index in [-0.39, 0.29) is 5.75 Å². The first-order valence-electron chi connectivity index (χ1n) is 7.37. The van der Waals surface area contributed by atoms with Crippen LogP contribution in [0.2, 0.25) is 10.0 Å². The first kappa shape index (κ1) is 16.2. The summed E-state index contributed by atoms with van der Waals surface area (Å²) in [6.45, 7) is 0. The molecule has 0 aliphatic carbocycles. The third-order valence-electron chi connectivity index (χ3n) is 3.92. The third-order valence-corrected chi connectivity index (χ3v) is 4.47. The van der Waals surface area contributed by atoms with E-state index in [0.29, 0.717) is 26.9 Å². The summed E-state index contributed by atoms with van der Waals surface area (Å²) in [5.41, 5.74) is 0.983. The summed E-state index contributed by atoms with van der Waals surface area (Å²) in [5.74, 6) is -1.74. The van der Waals surface area contributed by atoms with E-state index in [4.69, 9.17) is 32.7 Å². The number of ether oxygens (including phenoxy) is 2. The van der Waals surface area contributed by atoms with Gasteiger partial charge in [0.25, 0.3) is 0 Å². The van der Waals surface area contributed by atoms with Gasteiger partial charge in [-0.05, 0) is 54.6 Å². The Balaban J connectivity index is 1.92. The molecular weight excluding hydrogens is 369 g/mol. The van der Waals surface area contributed by atoms with Gasteiger partial charge in [-0.25, -0.2) is 8.78 Å². The summed E-state index contributed by atoms with van der Waals surface area (Å²) >= 11 is 12.3. The third kappa shape index (κ3) is 2.71. The molecule has 1 aliphatic heterocycles. The largest absolute Gasteiger partial charge is 0.440 e. The lowest BCUT2D eigenvalue weighted by Gasteiger charge is -2.29. The van der Waals surface area contributed by atoms with Crippen LogP contribution in [0, 0.1) is 11.6 Å². The summed E-state index contributed by atoms with van der Waals surface area (Å²) in [7, 11) is 0. The summed E-state index contributed by atoms with van der Waals surface area (Å²) < 4.78 is 39.0. The maximum Gasteiger partial charge on any atom is 0.307 e. The lowest BCUT2D eigenvalue weighted by Crippen LogP contribution is -2.37. The maximum atomic E-state index is 13.6. The van der Waals surface area contributed by atoms with Gasteiger partial charge in [-0.3, -0.25) is 0 Å². The van der Waals surface area contributed by atoms with Crippen molar-refractivity contribution in [1.29, 1.82) is 0 Å². The highest BCUT2D eigenvalue weighted by molar-refractivity contribution is 6.35. The Bertz CT molecular complexity index is 960. The van der Waals surface area contributed by atoms with Crippen LogP contribution < -0.4 is 9.47 Å². The lowest BCUT2D eigenvalue weighted by atomic mass is 9.97. The molecule has 0 saturated heterocycles. The summed E-state index contributed by atoms with van der Waals surface area (Å²) in [6, 6.07) is 14.5. The van der Waals surface area contributed by atoms with Gasteiger partial charge in [0, 0.05) is 16.7 Å². The van der Waals surface area contributed by atoms with Crippen LogP contribution in [0.15, 0.2) is 60.7 Å². The molecule has 3 aromatic carbocycles. The Kier molecular flexibility index (Phi) is 3.82. The highest BCUT2D eigenvalue weighted by Gasteiger charge is 2.47. The molecule has 25 heavy (non-hydrogen) atoms. The molecule has 0 N–H and O–H groups in total. The zero-order valence-electron chi connectivity index (χ0n) is 12.6. The van der Waals surface area contributed by atoms with Crippen LogP contribution in [0.1, 0.15) is 11.1 Å². The number of rotatable bonds is 2. The van der Waals surface area contributed by atoms with Gasteiger partial charge in [0.05, 0.1) is 10.6 Å². The second-order valence-electron chi connectivity index (χ2n) is 5.54. The summed E-state index contributed by atoms with van der Waals surface area (Å²) in [4.78, 5) is 0. The smallest absolute Gasteiger partial charge is 0.307 e. The molecule has 0 saturated carbocycles. The molecule has 1 aliphatic rings. The van der Waals surface area contributed by atoms with Crippen molar-refractivity contribution < 1.29 is 18.3 Å². The number of hydrogen-bond donors (Lipinski definition) is 0. The Morgan fingerprint density at radius 2 is 1.40 bits per heavy atom. The first-order chi connectivity index (χ1) is 12.0. The first-order valence-corrected chi connectivity index (χ1v) is 8.13. The minimum Gasteiger partial charge on any atom is -0.440 e. The SMILES string of the molecule is Fc1ccc(C2(c3ccc(Cl)cc3Cl)Oc3ccc(F)cc3O2)cc1. The van der Waals surface area contributed by atoms with Crippen LogP contribution >= 0.6 is 23.2 Å². The fourth-order valence-corrected chi connectivity index (χ4v) is 3.32. The van der Waals surface area contributed by atoms with Crippen LogP contribution in [0.4, 0.5) is 8.78 Å². The van der Waals surface area contributed by atoms with Gasteiger partial charge < -0.3 is 9.47 Å². The molecule has 0 aromatic heterocycles. The lowest BCUT2D eigenvalue weighted by molar-refractivity contribution is -0.0458. The standard InChI is InChI=1S/C19H10Cl2F2O2/c20-12-3-7-15(16(21)9-12)19(11-1-4-13(22)5-2-11)24-17-8-6-14(23)10-18(17)25-19/h1-10H. The van der Waals surface area contributed by atoms with Gasteiger partial charge in [0.2, 0.25) is 0 Å². The second kappa shape index (κ2) is 5.90. The molecule has 2 nitrogen and oxygen atoms in total.